The molecule has 0 saturated carbocycles. The van der Waals surface area contributed by atoms with Crippen LogP contribution >= 0.6 is 12.4 Å². The van der Waals surface area contributed by atoms with E-state index in [0.29, 0.717) is 16.8 Å². The maximum absolute atomic E-state index is 11.5. The van der Waals surface area contributed by atoms with Crippen LogP contribution in [-0.4, -0.2) is 51.1 Å². The van der Waals surface area contributed by atoms with Crippen molar-refractivity contribution in [3.63, 3.8) is 0 Å². The fraction of sp³-hybridized carbons (Fsp3) is 0.385. The van der Waals surface area contributed by atoms with E-state index in [4.69, 9.17) is 9.47 Å². The molecule has 1 aliphatic rings. The van der Waals surface area contributed by atoms with Crippen LogP contribution in [0.4, 0.5) is 0 Å². The molecular formula is C13H18ClN3O3. The third-order valence-corrected chi connectivity index (χ3v) is 2.38. The summed E-state index contributed by atoms with van der Waals surface area (Å²) in [6.07, 6.45) is 1.52. The van der Waals surface area contributed by atoms with Crippen molar-refractivity contribution in [2.24, 2.45) is 10.2 Å². The summed E-state index contributed by atoms with van der Waals surface area (Å²) in [4.78, 5) is 0. The molecule has 0 fully saturated rings. The first-order valence-electron chi connectivity index (χ1n) is 5.91. The average Bonchev–Trinajstić information content (AvgIpc) is 2.73. The Morgan fingerprint density at radius 2 is 2.00 bits per heavy atom. The summed E-state index contributed by atoms with van der Waals surface area (Å²) in [5.41, 5.74) is 0.811. The molecule has 7 heteroatoms. The SMILES string of the molecule is C[N+](C)(C)C/C([O-])=N/N=C/c1ccc2c(c1)OCO2.Cl. The third-order valence-electron chi connectivity index (χ3n) is 2.38. The highest BCUT2D eigenvalue weighted by molar-refractivity contribution is 5.85. The minimum absolute atomic E-state index is 0. The van der Waals surface area contributed by atoms with Gasteiger partial charge >= 0.3 is 0 Å². The van der Waals surface area contributed by atoms with E-state index in [1.54, 1.807) is 12.1 Å². The molecule has 0 atom stereocenters. The van der Waals surface area contributed by atoms with Crippen LogP contribution < -0.4 is 14.6 Å². The van der Waals surface area contributed by atoms with Crippen molar-refractivity contribution >= 4 is 24.5 Å². The van der Waals surface area contributed by atoms with Gasteiger partial charge in [-0.25, -0.2) is 0 Å². The molecule has 0 unspecified atom stereocenters. The van der Waals surface area contributed by atoms with E-state index in [1.165, 1.54) is 6.21 Å². The van der Waals surface area contributed by atoms with Crippen molar-refractivity contribution in [1.29, 1.82) is 0 Å². The Morgan fingerprint density at radius 3 is 2.70 bits per heavy atom. The molecule has 0 N–H and O–H groups in total. The summed E-state index contributed by atoms with van der Waals surface area (Å²) < 4.78 is 11.0. The first kappa shape index (κ1) is 16.3. The van der Waals surface area contributed by atoms with Gasteiger partial charge in [-0.1, -0.05) is 0 Å². The predicted octanol–water partition coefficient (Wildman–Crippen LogP) is 0.636. The molecule has 1 aromatic rings. The van der Waals surface area contributed by atoms with Gasteiger partial charge in [0.15, 0.2) is 11.5 Å². The lowest BCUT2D eigenvalue weighted by atomic mass is 10.2. The number of hydrogen-bond donors (Lipinski definition) is 0. The molecule has 0 aliphatic carbocycles. The zero-order valence-electron chi connectivity index (χ0n) is 11.7. The van der Waals surface area contributed by atoms with E-state index in [2.05, 4.69) is 10.2 Å². The van der Waals surface area contributed by atoms with Crippen LogP contribution in [-0.2, 0) is 0 Å². The van der Waals surface area contributed by atoms with Crippen LogP contribution in [0.3, 0.4) is 0 Å². The number of quaternary nitrogens is 1. The van der Waals surface area contributed by atoms with E-state index >= 15 is 0 Å². The number of fused-ring (bicyclic) bond motifs is 1. The molecule has 110 valence electrons. The largest absolute Gasteiger partial charge is 0.857 e. The van der Waals surface area contributed by atoms with Crippen LogP contribution in [0.2, 0.25) is 0 Å². The van der Waals surface area contributed by atoms with Crippen molar-refractivity contribution in [3.05, 3.63) is 23.8 Å². The maximum Gasteiger partial charge on any atom is 0.231 e. The summed E-state index contributed by atoms with van der Waals surface area (Å²) >= 11 is 0. The fourth-order valence-electron chi connectivity index (χ4n) is 1.59. The Labute approximate surface area is 124 Å². The van der Waals surface area contributed by atoms with E-state index in [9.17, 15) is 5.11 Å². The molecule has 0 aromatic heterocycles. The first-order valence-corrected chi connectivity index (χ1v) is 5.91. The van der Waals surface area contributed by atoms with Crippen molar-refractivity contribution in [2.45, 2.75) is 0 Å². The van der Waals surface area contributed by atoms with Crippen LogP contribution in [0.1, 0.15) is 5.56 Å². The van der Waals surface area contributed by atoms with Crippen molar-refractivity contribution in [2.75, 3.05) is 34.5 Å². The lowest BCUT2D eigenvalue weighted by molar-refractivity contribution is -0.863. The number of hydrogen-bond acceptors (Lipinski definition) is 5. The highest BCUT2D eigenvalue weighted by Crippen LogP contribution is 2.31. The lowest BCUT2D eigenvalue weighted by Gasteiger charge is -2.25. The minimum Gasteiger partial charge on any atom is -0.857 e. The Bertz CT molecular complexity index is 524. The molecule has 0 radical (unpaired) electrons. The number of benzene rings is 1. The normalized spacial score (nSPS) is 14.4. The van der Waals surface area contributed by atoms with Gasteiger partial charge in [-0.05, 0) is 23.8 Å². The van der Waals surface area contributed by atoms with Crippen LogP contribution in [0.25, 0.3) is 0 Å². The number of rotatable bonds is 4. The average molecular weight is 300 g/mol. The number of nitrogens with zero attached hydrogens (tertiary/aromatic N) is 3. The summed E-state index contributed by atoms with van der Waals surface area (Å²) in [6, 6.07) is 5.43. The van der Waals surface area contributed by atoms with Crippen molar-refractivity contribution < 1.29 is 19.1 Å². The summed E-state index contributed by atoms with van der Waals surface area (Å²) in [6.45, 7) is 0.556. The molecule has 0 bridgehead atoms. The number of likely N-dealkylation sites (N-methyl/N-ethyl adjacent to an activating group) is 1. The summed E-state index contributed by atoms with van der Waals surface area (Å²) in [5.74, 6) is 1.15. The molecular weight excluding hydrogens is 282 g/mol. The second-order valence-corrected chi connectivity index (χ2v) is 5.30. The second kappa shape index (κ2) is 6.58. The van der Waals surface area contributed by atoms with Gasteiger partial charge in [-0.3, -0.25) is 0 Å². The van der Waals surface area contributed by atoms with Crippen molar-refractivity contribution in [3.8, 4) is 11.5 Å². The Balaban J connectivity index is 0.00000200. The van der Waals surface area contributed by atoms with Crippen LogP contribution in [0.15, 0.2) is 28.4 Å². The first-order chi connectivity index (χ1) is 8.94. The minimum atomic E-state index is -0.246. The molecule has 0 amide bonds. The zero-order chi connectivity index (χ0) is 13.9. The van der Waals surface area contributed by atoms with Gasteiger partial charge < -0.3 is 19.1 Å². The standard InChI is InChI=1S/C13H17N3O3.ClH/c1-16(2,3)8-13(17)15-14-7-10-4-5-11-12(6-10)19-9-18-11;/h4-7H,8-9H2,1-3H3;1H/b14-7+;. The molecule has 20 heavy (non-hydrogen) atoms. The summed E-state index contributed by atoms with van der Waals surface area (Å²) in [5, 5.41) is 18.9. The molecule has 1 aromatic carbocycles. The van der Waals surface area contributed by atoms with Crippen LogP contribution in [0.5, 0.6) is 11.5 Å². The van der Waals surface area contributed by atoms with Gasteiger partial charge in [0, 0.05) is 5.90 Å². The Kier molecular flexibility index (Phi) is 5.35. The molecule has 0 saturated heterocycles. The van der Waals surface area contributed by atoms with Gasteiger partial charge in [0.05, 0.1) is 27.4 Å². The van der Waals surface area contributed by atoms with Gasteiger partial charge in [-0.15, -0.1) is 12.4 Å². The predicted molar refractivity (Wildman–Crippen MR) is 77.7 cm³/mol. The fourth-order valence-corrected chi connectivity index (χ4v) is 1.59. The summed E-state index contributed by atoms with van der Waals surface area (Å²) in [7, 11) is 5.78. The highest BCUT2D eigenvalue weighted by atomic mass is 35.5. The Morgan fingerprint density at radius 1 is 1.30 bits per heavy atom. The monoisotopic (exact) mass is 299 g/mol. The molecule has 6 nitrogen and oxygen atoms in total. The third kappa shape index (κ3) is 4.71. The van der Waals surface area contributed by atoms with Gasteiger partial charge in [-0.2, -0.15) is 10.2 Å². The lowest BCUT2D eigenvalue weighted by Crippen LogP contribution is -2.43. The van der Waals surface area contributed by atoms with E-state index in [-0.39, 0.29) is 25.1 Å². The highest BCUT2D eigenvalue weighted by Gasteiger charge is 2.12. The van der Waals surface area contributed by atoms with E-state index in [1.807, 2.05) is 27.2 Å². The maximum atomic E-state index is 11.5. The molecule has 0 spiro atoms. The topological polar surface area (TPSA) is 66.2 Å². The van der Waals surface area contributed by atoms with Crippen LogP contribution in [0, 0.1) is 0 Å². The number of halogens is 1. The second-order valence-electron chi connectivity index (χ2n) is 5.30. The van der Waals surface area contributed by atoms with Gasteiger partial charge in [0.2, 0.25) is 6.79 Å². The quantitative estimate of drug-likeness (QED) is 0.355. The smallest absolute Gasteiger partial charge is 0.231 e. The van der Waals surface area contributed by atoms with Gasteiger partial charge in [0.25, 0.3) is 0 Å². The Hall–Kier alpha value is -1.79. The molecule has 1 heterocycles. The zero-order valence-corrected chi connectivity index (χ0v) is 12.5. The van der Waals surface area contributed by atoms with E-state index in [0.717, 1.165) is 11.3 Å². The molecule has 1 aliphatic heterocycles. The van der Waals surface area contributed by atoms with Gasteiger partial charge in [0.1, 0.15) is 6.54 Å². The van der Waals surface area contributed by atoms with Crippen molar-refractivity contribution in [1.82, 2.24) is 0 Å². The molecule has 2 rings (SSSR count). The number of ether oxygens (including phenoxy) is 2. The van der Waals surface area contributed by atoms with E-state index < -0.39 is 0 Å².